The highest BCUT2D eigenvalue weighted by Gasteiger charge is 2.15. The number of hydrogen-bond acceptors (Lipinski definition) is 2. The Morgan fingerprint density at radius 3 is 2.82 bits per heavy atom. The van der Waals surface area contributed by atoms with Gasteiger partial charge < -0.3 is 10.4 Å². The Balaban J connectivity index is 2.61. The molecule has 1 aromatic carbocycles. The first kappa shape index (κ1) is 13.6. The largest absolute Gasteiger partial charge is 0.396 e. The first-order chi connectivity index (χ1) is 8.06. The first-order valence-corrected chi connectivity index (χ1v) is 5.39. The van der Waals surface area contributed by atoms with Crippen molar-refractivity contribution in [3.63, 3.8) is 0 Å². The topological polar surface area (TPSA) is 49.3 Å². The highest BCUT2D eigenvalue weighted by atomic mass is 19.2. The van der Waals surface area contributed by atoms with Gasteiger partial charge >= 0.3 is 0 Å². The fraction of sp³-hybridized carbons (Fsp3) is 0.417. The van der Waals surface area contributed by atoms with Crippen molar-refractivity contribution in [3.05, 3.63) is 35.4 Å². The molecule has 1 atom stereocenters. The molecule has 94 valence electrons. The van der Waals surface area contributed by atoms with Crippen LogP contribution in [-0.4, -0.2) is 24.2 Å². The van der Waals surface area contributed by atoms with Crippen molar-refractivity contribution in [3.8, 4) is 0 Å². The fourth-order valence-electron chi connectivity index (χ4n) is 1.36. The van der Waals surface area contributed by atoms with Gasteiger partial charge in [0.05, 0.1) is 5.56 Å². The van der Waals surface area contributed by atoms with Crippen LogP contribution in [-0.2, 0) is 0 Å². The van der Waals surface area contributed by atoms with Gasteiger partial charge in [-0.3, -0.25) is 4.79 Å². The number of carbonyl (C=O) groups is 1. The van der Waals surface area contributed by atoms with Gasteiger partial charge in [-0.2, -0.15) is 0 Å². The van der Waals surface area contributed by atoms with Gasteiger partial charge in [0.1, 0.15) is 0 Å². The van der Waals surface area contributed by atoms with Gasteiger partial charge in [-0.05, 0) is 24.5 Å². The van der Waals surface area contributed by atoms with Gasteiger partial charge in [0.25, 0.3) is 5.91 Å². The maximum atomic E-state index is 13.2. The molecule has 0 fully saturated rings. The molecule has 1 aromatic rings. The first-order valence-electron chi connectivity index (χ1n) is 5.39. The van der Waals surface area contributed by atoms with Gasteiger partial charge in [-0.25, -0.2) is 8.78 Å². The number of amides is 1. The SMILES string of the molecule is CC(CCO)CNC(=O)c1cccc(F)c1F. The van der Waals surface area contributed by atoms with Crippen molar-refractivity contribution < 1.29 is 18.7 Å². The van der Waals surface area contributed by atoms with Crippen LogP contribution >= 0.6 is 0 Å². The van der Waals surface area contributed by atoms with Gasteiger partial charge in [0.15, 0.2) is 11.6 Å². The monoisotopic (exact) mass is 243 g/mol. The number of benzene rings is 1. The maximum Gasteiger partial charge on any atom is 0.254 e. The molecule has 0 bridgehead atoms. The molecule has 0 aliphatic heterocycles. The lowest BCUT2D eigenvalue weighted by Gasteiger charge is -2.11. The third-order valence-electron chi connectivity index (χ3n) is 2.43. The van der Waals surface area contributed by atoms with E-state index in [2.05, 4.69) is 5.32 Å². The lowest BCUT2D eigenvalue weighted by Crippen LogP contribution is -2.29. The minimum Gasteiger partial charge on any atom is -0.396 e. The Bertz CT molecular complexity index is 396. The molecule has 2 N–H and O–H groups in total. The van der Waals surface area contributed by atoms with Crippen molar-refractivity contribution in [1.29, 1.82) is 0 Å². The average molecular weight is 243 g/mol. The van der Waals surface area contributed by atoms with Gasteiger partial charge in [0, 0.05) is 13.2 Å². The third kappa shape index (κ3) is 3.78. The van der Waals surface area contributed by atoms with Crippen molar-refractivity contribution >= 4 is 5.91 Å². The summed E-state index contributed by atoms with van der Waals surface area (Å²) in [4.78, 5) is 11.5. The van der Waals surface area contributed by atoms with E-state index in [1.165, 1.54) is 12.1 Å². The van der Waals surface area contributed by atoms with E-state index >= 15 is 0 Å². The van der Waals surface area contributed by atoms with E-state index in [4.69, 9.17) is 5.11 Å². The molecule has 1 rings (SSSR count). The van der Waals surface area contributed by atoms with E-state index in [1.54, 1.807) is 0 Å². The number of nitrogens with one attached hydrogen (secondary N) is 1. The summed E-state index contributed by atoms with van der Waals surface area (Å²) in [5.41, 5.74) is -0.304. The molecule has 1 amide bonds. The van der Waals surface area contributed by atoms with Gasteiger partial charge in [0.2, 0.25) is 0 Å². The van der Waals surface area contributed by atoms with Crippen LogP contribution in [0.2, 0.25) is 0 Å². The summed E-state index contributed by atoms with van der Waals surface area (Å²) in [6, 6.07) is 3.47. The molecule has 0 heterocycles. The number of rotatable bonds is 5. The zero-order valence-corrected chi connectivity index (χ0v) is 9.54. The van der Waals surface area contributed by atoms with E-state index in [0.29, 0.717) is 13.0 Å². The lowest BCUT2D eigenvalue weighted by molar-refractivity contribution is 0.0940. The number of hydrogen-bond donors (Lipinski definition) is 2. The molecule has 0 aromatic heterocycles. The standard InChI is InChI=1S/C12H15F2NO2/c1-8(5-6-16)7-15-12(17)9-3-2-4-10(13)11(9)14/h2-4,8,16H,5-7H2,1H3,(H,15,17). The van der Waals surface area contributed by atoms with E-state index in [9.17, 15) is 13.6 Å². The van der Waals surface area contributed by atoms with Crippen LogP contribution in [0.1, 0.15) is 23.7 Å². The minimum absolute atomic E-state index is 0.0331. The number of carbonyl (C=O) groups excluding carboxylic acids is 1. The third-order valence-corrected chi connectivity index (χ3v) is 2.43. The highest BCUT2D eigenvalue weighted by molar-refractivity contribution is 5.94. The Morgan fingerprint density at radius 2 is 2.18 bits per heavy atom. The average Bonchev–Trinajstić information content (AvgIpc) is 2.30. The molecule has 3 nitrogen and oxygen atoms in total. The molecular weight excluding hydrogens is 228 g/mol. The van der Waals surface area contributed by atoms with Crippen LogP contribution in [0.4, 0.5) is 8.78 Å². The molecule has 1 unspecified atom stereocenters. The molecule has 0 aliphatic rings. The summed E-state index contributed by atoms with van der Waals surface area (Å²) in [5, 5.41) is 11.2. The van der Waals surface area contributed by atoms with Crippen LogP contribution in [0.5, 0.6) is 0 Å². The summed E-state index contributed by atoms with van der Waals surface area (Å²) in [6.07, 6.45) is 0.548. The predicted molar refractivity (Wildman–Crippen MR) is 59.6 cm³/mol. The van der Waals surface area contributed by atoms with Gasteiger partial charge in [-0.15, -0.1) is 0 Å². The normalized spacial score (nSPS) is 12.2. The second-order valence-corrected chi connectivity index (χ2v) is 3.93. The molecule has 5 heteroatoms. The zero-order valence-electron chi connectivity index (χ0n) is 9.54. The molecule has 0 radical (unpaired) electrons. The van der Waals surface area contributed by atoms with E-state index in [-0.39, 0.29) is 18.1 Å². The number of halogens is 2. The molecule has 0 spiro atoms. The van der Waals surface area contributed by atoms with Crippen LogP contribution in [0.15, 0.2) is 18.2 Å². The van der Waals surface area contributed by atoms with Crippen LogP contribution in [0.3, 0.4) is 0 Å². The summed E-state index contributed by atoms with van der Waals surface area (Å²) >= 11 is 0. The zero-order chi connectivity index (χ0) is 12.8. The van der Waals surface area contributed by atoms with E-state index < -0.39 is 17.5 Å². The summed E-state index contributed by atoms with van der Waals surface area (Å²) in [6.45, 7) is 2.19. The second kappa shape index (κ2) is 6.30. The summed E-state index contributed by atoms with van der Waals surface area (Å²) in [7, 11) is 0. The molecule has 0 saturated heterocycles. The Hall–Kier alpha value is -1.49. The van der Waals surface area contributed by atoms with E-state index in [0.717, 1.165) is 6.07 Å². The summed E-state index contributed by atoms with van der Waals surface area (Å²) < 4.78 is 26.1. The quantitative estimate of drug-likeness (QED) is 0.827. The maximum absolute atomic E-state index is 13.2. The molecule has 0 saturated carbocycles. The second-order valence-electron chi connectivity index (χ2n) is 3.93. The fourth-order valence-corrected chi connectivity index (χ4v) is 1.36. The molecular formula is C12H15F2NO2. The van der Waals surface area contributed by atoms with Gasteiger partial charge in [-0.1, -0.05) is 13.0 Å². The van der Waals surface area contributed by atoms with Crippen molar-refractivity contribution in [2.24, 2.45) is 5.92 Å². The summed E-state index contributed by atoms with van der Waals surface area (Å²) in [5.74, 6) is -2.74. The molecule has 0 aliphatic carbocycles. The van der Waals surface area contributed by atoms with Crippen molar-refractivity contribution in [2.45, 2.75) is 13.3 Å². The minimum atomic E-state index is -1.14. The van der Waals surface area contributed by atoms with Crippen LogP contribution < -0.4 is 5.32 Å². The van der Waals surface area contributed by atoms with E-state index in [1.807, 2.05) is 6.92 Å². The Morgan fingerprint density at radius 1 is 1.47 bits per heavy atom. The molecule has 17 heavy (non-hydrogen) atoms. The smallest absolute Gasteiger partial charge is 0.254 e. The highest BCUT2D eigenvalue weighted by Crippen LogP contribution is 2.11. The Kier molecular flexibility index (Phi) is 5.03. The number of aliphatic hydroxyl groups excluding tert-OH is 1. The van der Waals surface area contributed by atoms with Crippen LogP contribution in [0.25, 0.3) is 0 Å². The number of aliphatic hydroxyl groups is 1. The van der Waals surface area contributed by atoms with Crippen LogP contribution in [0, 0.1) is 17.6 Å². The van der Waals surface area contributed by atoms with Crippen molar-refractivity contribution in [1.82, 2.24) is 5.32 Å². The van der Waals surface area contributed by atoms with Crippen molar-refractivity contribution in [2.75, 3.05) is 13.2 Å². The predicted octanol–water partition coefficient (Wildman–Crippen LogP) is 1.71. The lowest BCUT2D eigenvalue weighted by atomic mass is 10.1. The Labute approximate surface area is 98.5 Å².